The first-order chi connectivity index (χ1) is 14.7. The predicted molar refractivity (Wildman–Crippen MR) is 114 cm³/mol. The molecule has 30 heavy (non-hydrogen) atoms. The highest BCUT2D eigenvalue weighted by Gasteiger charge is 2.22. The Labute approximate surface area is 175 Å². The molecule has 1 saturated heterocycles. The number of carbonyl (C=O) groups is 1. The number of amides is 1. The normalized spacial score (nSPS) is 15.9. The molecule has 2 aliphatic rings. The summed E-state index contributed by atoms with van der Waals surface area (Å²) in [6.07, 6.45) is 0.907. The van der Waals surface area contributed by atoms with Gasteiger partial charge in [0.25, 0.3) is 5.91 Å². The van der Waals surface area contributed by atoms with Crippen LogP contribution < -0.4 is 14.4 Å². The maximum Gasteiger partial charge on any atom is 0.253 e. The Bertz CT molecular complexity index is 1060. The van der Waals surface area contributed by atoms with Gasteiger partial charge in [-0.2, -0.15) is 5.10 Å². The fourth-order valence-electron chi connectivity index (χ4n) is 3.91. The average Bonchev–Trinajstić information content (AvgIpc) is 3.38. The molecule has 1 amide bonds. The zero-order valence-corrected chi connectivity index (χ0v) is 16.9. The molecule has 0 spiro atoms. The van der Waals surface area contributed by atoms with E-state index in [4.69, 9.17) is 9.47 Å². The lowest BCUT2D eigenvalue weighted by molar-refractivity contribution is 0.0767. The average molecular weight is 404 g/mol. The van der Waals surface area contributed by atoms with Crippen LogP contribution in [0.3, 0.4) is 0 Å². The zero-order chi connectivity index (χ0) is 20.5. The summed E-state index contributed by atoms with van der Waals surface area (Å²) in [4.78, 5) is 17.0. The number of nitrogens with one attached hydrogen (secondary N) is 1. The van der Waals surface area contributed by atoms with Crippen LogP contribution in [0.25, 0.3) is 11.3 Å². The van der Waals surface area contributed by atoms with Crippen molar-refractivity contribution in [2.75, 3.05) is 37.9 Å². The number of carbonyl (C=O) groups excluding carboxylic acids is 1. The smallest absolute Gasteiger partial charge is 0.253 e. The number of ether oxygens (including phenoxy) is 2. The molecule has 2 aromatic carbocycles. The third-order valence-electron chi connectivity index (χ3n) is 5.65. The van der Waals surface area contributed by atoms with E-state index in [1.165, 1.54) is 0 Å². The lowest BCUT2D eigenvalue weighted by Crippen LogP contribution is -2.35. The maximum absolute atomic E-state index is 12.9. The van der Waals surface area contributed by atoms with E-state index in [0.29, 0.717) is 6.54 Å². The van der Waals surface area contributed by atoms with E-state index in [2.05, 4.69) is 21.2 Å². The molecule has 0 unspecified atom stereocenters. The Morgan fingerprint density at radius 3 is 2.67 bits per heavy atom. The topological polar surface area (TPSA) is 70.7 Å². The summed E-state index contributed by atoms with van der Waals surface area (Å²) >= 11 is 0. The van der Waals surface area contributed by atoms with Gasteiger partial charge in [-0.1, -0.05) is 17.7 Å². The third kappa shape index (κ3) is 3.58. The Morgan fingerprint density at radius 1 is 0.967 bits per heavy atom. The van der Waals surface area contributed by atoms with Crippen molar-refractivity contribution in [1.82, 2.24) is 15.1 Å². The van der Waals surface area contributed by atoms with Gasteiger partial charge in [-0.15, -0.1) is 0 Å². The second-order valence-corrected chi connectivity index (χ2v) is 7.71. The fourth-order valence-corrected chi connectivity index (χ4v) is 3.91. The fraction of sp³-hybridized carbons (Fsp3) is 0.304. The van der Waals surface area contributed by atoms with E-state index in [9.17, 15) is 4.79 Å². The molecule has 0 radical (unpaired) electrons. The van der Waals surface area contributed by atoms with Crippen LogP contribution in [0.5, 0.6) is 11.5 Å². The van der Waals surface area contributed by atoms with Crippen molar-refractivity contribution >= 4 is 11.7 Å². The summed E-state index contributed by atoms with van der Waals surface area (Å²) in [6, 6.07) is 15.7. The molecular weight excluding hydrogens is 380 g/mol. The van der Waals surface area contributed by atoms with Gasteiger partial charge in [0, 0.05) is 43.4 Å². The molecule has 0 atom stereocenters. The van der Waals surface area contributed by atoms with Crippen LogP contribution in [0.15, 0.2) is 48.5 Å². The number of hydrogen-bond acceptors (Lipinski definition) is 5. The lowest BCUT2D eigenvalue weighted by Gasteiger charge is -2.22. The molecule has 0 bridgehead atoms. The van der Waals surface area contributed by atoms with Crippen LogP contribution in [0, 0.1) is 6.92 Å². The minimum Gasteiger partial charge on any atom is -0.454 e. The van der Waals surface area contributed by atoms with E-state index >= 15 is 0 Å². The quantitative estimate of drug-likeness (QED) is 0.724. The number of aromatic nitrogens is 2. The van der Waals surface area contributed by atoms with Crippen LogP contribution in [0.4, 0.5) is 5.82 Å². The van der Waals surface area contributed by atoms with Gasteiger partial charge >= 0.3 is 0 Å². The van der Waals surface area contributed by atoms with Crippen molar-refractivity contribution in [1.29, 1.82) is 0 Å². The van der Waals surface area contributed by atoms with Crippen molar-refractivity contribution in [3.63, 3.8) is 0 Å². The van der Waals surface area contributed by atoms with E-state index < -0.39 is 0 Å². The van der Waals surface area contributed by atoms with Crippen molar-refractivity contribution in [2.45, 2.75) is 13.3 Å². The van der Waals surface area contributed by atoms with Gasteiger partial charge in [0.15, 0.2) is 17.3 Å². The second kappa shape index (κ2) is 7.74. The summed E-state index contributed by atoms with van der Waals surface area (Å²) < 4.78 is 10.9. The van der Waals surface area contributed by atoms with Crippen molar-refractivity contribution in [2.24, 2.45) is 0 Å². The summed E-state index contributed by atoms with van der Waals surface area (Å²) in [6.45, 7) is 5.34. The number of rotatable bonds is 3. The highest BCUT2D eigenvalue weighted by Crippen LogP contribution is 2.36. The second-order valence-electron chi connectivity index (χ2n) is 7.71. The Balaban J connectivity index is 1.27. The van der Waals surface area contributed by atoms with Gasteiger partial charge in [0.05, 0.1) is 5.69 Å². The number of anilines is 1. The molecular formula is C23H24N4O3. The monoisotopic (exact) mass is 404 g/mol. The van der Waals surface area contributed by atoms with E-state index in [0.717, 1.165) is 65.8 Å². The summed E-state index contributed by atoms with van der Waals surface area (Å²) in [7, 11) is 0. The van der Waals surface area contributed by atoms with E-state index in [-0.39, 0.29) is 12.7 Å². The molecule has 1 fully saturated rings. The molecule has 0 saturated carbocycles. The van der Waals surface area contributed by atoms with E-state index in [1.807, 2.05) is 54.3 Å². The number of H-pyrrole nitrogens is 1. The standard InChI is InChI=1S/C23H24N4O3/c1-16-3-5-17(6-4-16)23(28)27-10-2-9-26(11-12-27)22-14-19(24-25-22)18-7-8-20-21(13-18)30-15-29-20/h3-8,13-14H,2,9-12,15H2,1H3,(H,24,25). The number of nitrogens with zero attached hydrogens (tertiary/aromatic N) is 3. The Hall–Kier alpha value is -3.48. The van der Waals surface area contributed by atoms with Gasteiger partial charge in [-0.05, 0) is 43.7 Å². The number of fused-ring (bicyclic) bond motifs is 1. The predicted octanol–water partition coefficient (Wildman–Crippen LogP) is 3.47. The lowest BCUT2D eigenvalue weighted by atomic mass is 10.1. The minimum absolute atomic E-state index is 0.0972. The first-order valence-corrected chi connectivity index (χ1v) is 10.2. The van der Waals surface area contributed by atoms with Gasteiger partial charge < -0.3 is 19.3 Å². The van der Waals surface area contributed by atoms with Crippen molar-refractivity contribution < 1.29 is 14.3 Å². The molecule has 7 heteroatoms. The highest BCUT2D eigenvalue weighted by molar-refractivity contribution is 5.94. The molecule has 3 heterocycles. The third-order valence-corrected chi connectivity index (χ3v) is 5.65. The van der Waals surface area contributed by atoms with Crippen molar-refractivity contribution in [3.8, 4) is 22.8 Å². The molecule has 1 N–H and O–H groups in total. The highest BCUT2D eigenvalue weighted by atomic mass is 16.7. The van der Waals surface area contributed by atoms with Gasteiger partial charge in [-0.25, -0.2) is 0 Å². The number of hydrogen-bond donors (Lipinski definition) is 1. The van der Waals surface area contributed by atoms with Crippen molar-refractivity contribution in [3.05, 3.63) is 59.7 Å². The van der Waals surface area contributed by atoms with Crippen LogP contribution in [0.2, 0.25) is 0 Å². The Kier molecular flexibility index (Phi) is 4.78. The maximum atomic E-state index is 12.9. The number of aryl methyl sites for hydroxylation is 1. The van der Waals surface area contributed by atoms with Gasteiger partial charge in [0.2, 0.25) is 6.79 Å². The molecule has 5 rings (SSSR count). The minimum atomic E-state index is 0.0972. The SMILES string of the molecule is Cc1ccc(C(=O)N2CCCN(c3cc(-c4ccc5c(c4)OCO5)[nH]n3)CC2)cc1. The van der Waals surface area contributed by atoms with Crippen LogP contribution in [0.1, 0.15) is 22.3 Å². The van der Waals surface area contributed by atoms with Gasteiger partial charge in [-0.3, -0.25) is 9.89 Å². The Morgan fingerprint density at radius 2 is 1.80 bits per heavy atom. The van der Waals surface area contributed by atoms with Crippen LogP contribution >= 0.6 is 0 Å². The molecule has 154 valence electrons. The molecule has 0 aliphatic carbocycles. The summed E-state index contributed by atoms with van der Waals surface area (Å²) in [5, 5.41) is 7.64. The number of benzene rings is 2. The molecule has 2 aliphatic heterocycles. The first kappa shape index (κ1) is 18.5. The molecule has 1 aromatic heterocycles. The molecule has 7 nitrogen and oxygen atoms in total. The zero-order valence-electron chi connectivity index (χ0n) is 16.9. The van der Waals surface area contributed by atoms with E-state index in [1.54, 1.807) is 0 Å². The van der Waals surface area contributed by atoms with Crippen LogP contribution in [-0.2, 0) is 0 Å². The first-order valence-electron chi connectivity index (χ1n) is 10.2. The number of aromatic amines is 1. The largest absolute Gasteiger partial charge is 0.454 e. The molecule has 3 aromatic rings. The summed E-state index contributed by atoms with van der Waals surface area (Å²) in [5.41, 5.74) is 3.84. The van der Waals surface area contributed by atoms with Crippen LogP contribution in [-0.4, -0.2) is 54.0 Å². The summed E-state index contributed by atoms with van der Waals surface area (Å²) in [5.74, 6) is 2.51. The van der Waals surface area contributed by atoms with Gasteiger partial charge in [0.1, 0.15) is 0 Å².